The molecule has 1 aromatic carbocycles. The van der Waals surface area contributed by atoms with Crippen LogP contribution in [0, 0.1) is 5.82 Å². The number of halogens is 1. The highest BCUT2D eigenvalue weighted by atomic mass is 19.1. The molecule has 4 nitrogen and oxygen atoms in total. The van der Waals surface area contributed by atoms with Crippen LogP contribution in [0.15, 0.2) is 24.3 Å². The molecule has 3 rings (SSSR count). The quantitative estimate of drug-likeness (QED) is 0.828. The van der Waals surface area contributed by atoms with Crippen LogP contribution < -0.4 is 0 Å². The molecule has 2 bridgehead atoms. The van der Waals surface area contributed by atoms with Gasteiger partial charge in [0.15, 0.2) is 0 Å². The van der Waals surface area contributed by atoms with Gasteiger partial charge in [-0.3, -0.25) is 0 Å². The first kappa shape index (κ1) is 17.2. The number of piperidine rings is 1. The predicted octanol–water partition coefficient (Wildman–Crippen LogP) is 4.27. The second-order valence-electron chi connectivity index (χ2n) is 7.77. The van der Waals surface area contributed by atoms with Crippen LogP contribution in [0.1, 0.15) is 52.0 Å². The molecule has 24 heavy (non-hydrogen) atoms. The number of nitrogens with zero attached hydrogens (tertiary/aromatic N) is 1. The van der Waals surface area contributed by atoms with E-state index in [4.69, 9.17) is 9.47 Å². The van der Waals surface area contributed by atoms with Crippen molar-refractivity contribution in [2.24, 2.45) is 0 Å². The lowest BCUT2D eigenvalue weighted by atomic mass is 10.00. The number of hydrogen-bond donors (Lipinski definition) is 0. The van der Waals surface area contributed by atoms with Gasteiger partial charge in [-0.15, -0.1) is 0 Å². The molecular weight excluding hydrogens is 309 g/mol. The van der Waals surface area contributed by atoms with Crippen LogP contribution in [-0.2, 0) is 16.1 Å². The predicted molar refractivity (Wildman–Crippen MR) is 89.1 cm³/mol. The topological polar surface area (TPSA) is 38.8 Å². The van der Waals surface area contributed by atoms with Gasteiger partial charge in [-0.05, 0) is 52.5 Å². The number of benzene rings is 1. The largest absolute Gasteiger partial charge is 0.444 e. The Balaban J connectivity index is 1.57. The van der Waals surface area contributed by atoms with Crippen molar-refractivity contribution in [3.63, 3.8) is 0 Å². The van der Waals surface area contributed by atoms with Crippen molar-refractivity contribution in [3.8, 4) is 0 Å². The van der Waals surface area contributed by atoms with Crippen LogP contribution in [0.4, 0.5) is 9.18 Å². The Hall–Kier alpha value is -1.62. The Bertz CT molecular complexity index is 585. The van der Waals surface area contributed by atoms with Crippen LogP contribution in [0.2, 0.25) is 0 Å². The molecule has 2 heterocycles. The van der Waals surface area contributed by atoms with E-state index >= 15 is 0 Å². The van der Waals surface area contributed by atoms with Gasteiger partial charge >= 0.3 is 6.09 Å². The van der Waals surface area contributed by atoms with Crippen LogP contribution in [-0.4, -0.2) is 34.8 Å². The van der Waals surface area contributed by atoms with Crippen molar-refractivity contribution in [1.82, 2.24) is 4.90 Å². The Kier molecular flexibility index (Phi) is 4.81. The van der Waals surface area contributed by atoms with Crippen molar-refractivity contribution >= 4 is 6.09 Å². The second kappa shape index (κ2) is 6.71. The fraction of sp³-hybridized carbons (Fsp3) is 0.632. The summed E-state index contributed by atoms with van der Waals surface area (Å²) in [6.07, 6.45) is 3.42. The number of ether oxygens (including phenoxy) is 2. The molecule has 0 aliphatic carbocycles. The minimum Gasteiger partial charge on any atom is -0.444 e. The van der Waals surface area contributed by atoms with Gasteiger partial charge in [-0.1, -0.05) is 18.2 Å². The highest BCUT2D eigenvalue weighted by molar-refractivity contribution is 5.69. The minimum atomic E-state index is -0.477. The highest BCUT2D eigenvalue weighted by Crippen LogP contribution is 2.38. The van der Waals surface area contributed by atoms with E-state index in [1.54, 1.807) is 12.1 Å². The van der Waals surface area contributed by atoms with E-state index in [0.29, 0.717) is 5.56 Å². The molecule has 0 spiro atoms. The van der Waals surface area contributed by atoms with Crippen LogP contribution in [0.3, 0.4) is 0 Å². The summed E-state index contributed by atoms with van der Waals surface area (Å²) in [6, 6.07) is 7.04. The number of hydrogen-bond acceptors (Lipinski definition) is 3. The second-order valence-corrected chi connectivity index (χ2v) is 7.77. The lowest BCUT2D eigenvalue weighted by Gasteiger charge is -2.39. The molecule has 2 aliphatic heterocycles. The average molecular weight is 335 g/mol. The minimum absolute atomic E-state index is 0.0702. The van der Waals surface area contributed by atoms with E-state index in [2.05, 4.69) is 0 Å². The molecular formula is C19H26FNO3. The van der Waals surface area contributed by atoms with E-state index in [1.807, 2.05) is 31.7 Å². The third-order valence-electron chi connectivity index (χ3n) is 4.73. The SMILES string of the molecule is CC(C)(C)OC(=O)N1[C@@H]2CC[C@H]1C[C@@H](OCc1ccccc1F)C2. The first-order valence-corrected chi connectivity index (χ1v) is 8.70. The lowest BCUT2D eigenvalue weighted by Crippen LogP contribution is -2.50. The summed E-state index contributed by atoms with van der Waals surface area (Å²) in [5, 5.41) is 0. The van der Waals surface area contributed by atoms with Gasteiger partial charge in [0.05, 0.1) is 12.7 Å². The Morgan fingerprint density at radius 2 is 1.83 bits per heavy atom. The molecule has 0 radical (unpaired) electrons. The van der Waals surface area contributed by atoms with Gasteiger partial charge in [-0.2, -0.15) is 0 Å². The number of amides is 1. The molecule has 0 aromatic heterocycles. The average Bonchev–Trinajstić information content (AvgIpc) is 2.76. The molecule has 1 amide bonds. The molecule has 2 aliphatic rings. The van der Waals surface area contributed by atoms with Gasteiger partial charge in [0.2, 0.25) is 0 Å². The van der Waals surface area contributed by atoms with Crippen molar-refractivity contribution in [2.75, 3.05) is 0 Å². The Morgan fingerprint density at radius 1 is 1.21 bits per heavy atom. The normalized spacial score (nSPS) is 26.5. The molecule has 0 saturated carbocycles. The summed E-state index contributed by atoms with van der Waals surface area (Å²) >= 11 is 0. The van der Waals surface area contributed by atoms with E-state index in [0.717, 1.165) is 25.7 Å². The van der Waals surface area contributed by atoms with E-state index < -0.39 is 5.60 Å². The summed E-state index contributed by atoms with van der Waals surface area (Å²) in [7, 11) is 0. The number of carbonyl (C=O) groups is 1. The molecule has 0 unspecified atom stereocenters. The van der Waals surface area contributed by atoms with Crippen LogP contribution in [0.5, 0.6) is 0 Å². The van der Waals surface area contributed by atoms with Gasteiger partial charge < -0.3 is 14.4 Å². The van der Waals surface area contributed by atoms with Gasteiger partial charge in [-0.25, -0.2) is 9.18 Å². The fourth-order valence-corrected chi connectivity index (χ4v) is 3.70. The van der Waals surface area contributed by atoms with Gasteiger partial charge in [0.1, 0.15) is 11.4 Å². The van der Waals surface area contributed by atoms with Gasteiger partial charge in [0, 0.05) is 17.6 Å². The zero-order valence-electron chi connectivity index (χ0n) is 14.6. The standard InChI is InChI=1S/C19H26FNO3/c1-19(2,3)24-18(22)21-14-8-9-15(21)11-16(10-14)23-12-13-6-4-5-7-17(13)20/h4-7,14-16H,8-12H2,1-3H3/t14-,15+,16+. The summed E-state index contributed by atoms with van der Waals surface area (Å²) in [4.78, 5) is 14.3. The number of fused-ring (bicyclic) bond motifs is 2. The molecule has 2 fully saturated rings. The number of carbonyl (C=O) groups excluding carboxylic acids is 1. The zero-order chi connectivity index (χ0) is 17.3. The summed E-state index contributed by atoms with van der Waals surface area (Å²) in [6.45, 7) is 5.94. The maximum atomic E-state index is 13.7. The fourth-order valence-electron chi connectivity index (χ4n) is 3.70. The van der Waals surface area contributed by atoms with Crippen LogP contribution >= 0.6 is 0 Å². The summed E-state index contributed by atoms with van der Waals surface area (Å²) in [5.41, 5.74) is 0.105. The highest BCUT2D eigenvalue weighted by Gasteiger charge is 2.45. The molecule has 132 valence electrons. The van der Waals surface area contributed by atoms with Crippen molar-refractivity contribution in [2.45, 2.75) is 76.9 Å². The van der Waals surface area contributed by atoms with E-state index in [-0.39, 0.29) is 36.7 Å². The smallest absolute Gasteiger partial charge is 0.410 e. The summed E-state index contributed by atoms with van der Waals surface area (Å²) in [5.74, 6) is -0.230. The van der Waals surface area contributed by atoms with E-state index in [1.165, 1.54) is 6.07 Å². The first-order valence-electron chi connectivity index (χ1n) is 8.70. The Morgan fingerprint density at radius 3 is 2.42 bits per heavy atom. The van der Waals surface area contributed by atoms with Gasteiger partial charge in [0.25, 0.3) is 0 Å². The van der Waals surface area contributed by atoms with E-state index in [9.17, 15) is 9.18 Å². The third kappa shape index (κ3) is 3.89. The maximum absolute atomic E-state index is 13.7. The van der Waals surface area contributed by atoms with Crippen molar-refractivity contribution < 1.29 is 18.7 Å². The zero-order valence-corrected chi connectivity index (χ0v) is 14.6. The summed E-state index contributed by atoms with van der Waals surface area (Å²) < 4.78 is 25.2. The molecule has 5 heteroatoms. The monoisotopic (exact) mass is 335 g/mol. The lowest BCUT2D eigenvalue weighted by molar-refractivity contribution is -0.0401. The molecule has 2 saturated heterocycles. The molecule has 3 atom stereocenters. The van der Waals surface area contributed by atoms with Crippen LogP contribution in [0.25, 0.3) is 0 Å². The third-order valence-corrected chi connectivity index (χ3v) is 4.73. The van der Waals surface area contributed by atoms with Crippen molar-refractivity contribution in [3.05, 3.63) is 35.6 Å². The van der Waals surface area contributed by atoms with Crippen molar-refractivity contribution in [1.29, 1.82) is 0 Å². The maximum Gasteiger partial charge on any atom is 0.410 e. The Labute approximate surface area is 142 Å². The molecule has 1 aromatic rings. The first-order chi connectivity index (χ1) is 11.3. The number of rotatable bonds is 3. The molecule has 0 N–H and O–H groups in total.